The van der Waals surface area contributed by atoms with Gasteiger partial charge in [-0.05, 0) is 104 Å². The molecule has 4 aliphatic carbocycles. The highest BCUT2D eigenvalue weighted by Crippen LogP contribution is 2.67. The maximum atomic E-state index is 12.8. The van der Waals surface area contributed by atoms with Crippen LogP contribution in [0.5, 0.6) is 0 Å². The molecule has 0 bridgehead atoms. The molecule has 0 heterocycles. The number of esters is 1. The van der Waals surface area contributed by atoms with Gasteiger partial charge in [-0.1, -0.05) is 83.7 Å². The van der Waals surface area contributed by atoms with Crippen molar-refractivity contribution in [2.24, 2.45) is 46.3 Å². The zero-order chi connectivity index (χ0) is 27.8. The van der Waals surface area contributed by atoms with E-state index < -0.39 is 0 Å². The van der Waals surface area contributed by atoms with E-state index in [1.807, 2.05) is 30.3 Å². The van der Waals surface area contributed by atoms with E-state index in [0.717, 1.165) is 49.5 Å². The fourth-order valence-corrected chi connectivity index (χ4v) is 9.86. The summed E-state index contributed by atoms with van der Waals surface area (Å²) in [6.45, 7) is 15.4. The summed E-state index contributed by atoms with van der Waals surface area (Å²) < 4.78 is 12.6. The first-order valence-corrected chi connectivity index (χ1v) is 16.3. The number of benzene rings is 1. The summed E-state index contributed by atoms with van der Waals surface area (Å²) in [4.78, 5) is 12.8. The van der Waals surface area contributed by atoms with Crippen LogP contribution in [0.2, 0.25) is 0 Å². The Labute approximate surface area is 238 Å². The molecule has 0 spiro atoms. The van der Waals surface area contributed by atoms with Gasteiger partial charge in [0, 0.05) is 13.0 Å². The van der Waals surface area contributed by atoms with Crippen molar-refractivity contribution in [2.75, 3.05) is 6.61 Å². The van der Waals surface area contributed by atoms with Crippen LogP contribution in [0.1, 0.15) is 116 Å². The van der Waals surface area contributed by atoms with Crippen molar-refractivity contribution in [3.05, 3.63) is 47.5 Å². The highest BCUT2D eigenvalue weighted by molar-refractivity contribution is 5.89. The fraction of sp³-hybridized carbons (Fsp3) is 0.750. The molecule has 9 atom stereocenters. The van der Waals surface area contributed by atoms with Crippen LogP contribution >= 0.6 is 0 Å². The van der Waals surface area contributed by atoms with Crippen LogP contribution in [-0.4, -0.2) is 24.8 Å². The Morgan fingerprint density at radius 1 is 0.974 bits per heavy atom. The Hall–Kier alpha value is -1.61. The number of carbonyl (C=O) groups is 1. The summed E-state index contributed by atoms with van der Waals surface area (Å²) in [5, 5.41) is 0. The molecule has 0 aliphatic heterocycles. The van der Waals surface area contributed by atoms with Crippen molar-refractivity contribution < 1.29 is 14.3 Å². The molecule has 0 N–H and O–H groups in total. The monoisotopic (exact) mass is 534 g/mol. The second-order valence-corrected chi connectivity index (χ2v) is 14.5. The number of fused-ring (bicyclic) bond motifs is 5. The van der Waals surface area contributed by atoms with Gasteiger partial charge in [0.25, 0.3) is 0 Å². The van der Waals surface area contributed by atoms with Crippen molar-refractivity contribution in [3.63, 3.8) is 0 Å². The summed E-state index contributed by atoms with van der Waals surface area (Å²) in [5.74, 6) is 4.35. The minimum absolute atomic E-state index is 0.0349. The third-order valence-electron chi connectivity index (χ3n) is 11.9. The maximum Gasteiger partial charge on any atom is 0.338 e. The van der Waals surface area contributed by atoms with Crippen molar-refractivity contribution in [2.45, 2.75) is 118 Å². The van der Waals surface area contributed by atoms with E-state index in [0.29, 0.717) is 22.8 Å². The zero-order valence-electron chi connectivity index (χ0n) is 25.6. The first kappa shape index (κ1) is 28.9. The maximum absolute atomic E-state index is 12.8. The molecule has 3 saturated carbocycles. The smallest absolute Gasteiger partial charge is 0.338 e. The van der Waals surface area contributed by atoms with Gasteiger partial charge in [-0.15, -0.1) is 0 Å². The van der Waals surface area contributed by atoms with E-state index >= 15 is 0 Å². The van der Waals surface area contributed by atoms with Crippen LogP contribution in [0.25, 0.3) is 0 Å². The lowest BCUT2D eigenvalue weighted by Crippen LogP contribution is -2.55. The van der Waals surface area contributed by atoms with Gasteiger partial charge in [0.1, 0.15) is 6.10 Å². The van der Waals surface area contributed by atoms with Crippen LogP contribution in [-0.2, 0) is 9.47 Å². The molecule has 3 nitrogen and oxygen atoms in total. The van der Waals surface area contributed by atoms with E-state index in [2.05, 4.69) is 47.6 Å². The largest absolute Gasteiger partial charge is 0.458 e. The summed E-state index contributed by atoms with van der Waals surface area (Å²) in [7, 11) is 0. The van der Waals surface area contributed by atoms with Crippen LogP contribution in [0, 0.1) is 46.3 Å². The fourth-order valence-electron chi connectivity index (χ4n) is 9.86. The van der Waals surface area contributed by atoms with Gasteiger partial charge in [0.05, 0.1) is 11.7 Å². The Morgan fingerprint density at radius 2 is 1.74 bits per heavy atom. The molecule has 1 aromatic rings. The molecule has 0 aromatic heterocycles. The van der Waals surface area contributed by atoms with E-state index in [1.165, 1.54) is 50.5 Å². The number of rotatable bonds is 9. The van der Waals surface area contributed by atoms with Gasteiger partial charge in [-0.2, -0.15) is 0 Å². The van der Waals surface area contributed by atoms with E-state index in [4.69, 9.17) is 9.47 Å². The highest BCUT2D eigenvalue weighted by Gasteiger charge is 2.61. The molecular weight excluding hydrogens is 480 g/mol. The second-order valence-electron chi connectivity index (χ2n) is 14.5. The van der Waals surface area contributed by atoms with Crippen molar-refractivity contribution in [1.82, 2.24) is 0 Å². The average Bonchev–Trinajstić information content (AvgIpc) is 3.27. The molecule has 0 radical (unpaired) electrons. The molecule has 39 heavy (non-hydrogen) atoms. The predicted octanol–water partition coefficient (Wildman–Crippen LogP) is 9.27. The Balaban J connectivity index is 1.34. The number of hydrogen-bond donors (Lipinski definition) is 0. The molecular formula is C36H54O3. The topological polar surface area (TPSA) is 35.5 Å². The first-order chi connectivity index (χ1) is 18.7. The highest BCUT2D eigenvalue weighted by atomic mass is 16.5. The lowest BCUT2D eigenvalue weighted by Gasteiger charge is -2.60. The molecule has 3 fully saturated rings. The Morgan fingerprint density at radius 3 is 2.46 bits per heavy atom. The molecule has 1 aromatic carbocycles. The zero-order valence-corrected chi connectivity index (χ0v) is 25.6. The number of hydrogen-bond acceptors (Lipinski definition) is 3. The molecule has 3 heteroatoms. The third kappa shape index (κ3) is 5.51. The lowest BCUT2D eigenvalue weighted by molar-refractivity contribution is -0.113. The van der Waals surface area contributed by atoms with Gasteiger partial charge in [-0.3, -0.25) is 0 Å². The van der Waals surface area contributed by atoms with Gasteiger partial charge >= 0.3 is 5.97 Å². The summed E-state index contributed by atoms with van der Waals surface area (Å²) in [5.41, 5.74) is 2.80. The minimum atomic E-state index is -0.187. The lowest BCUT2D eigenvalue weighted by atomic mass is 9.46. The Bertz CT molecular complexity index is 1010. The first-order valence-electron chi connectivity index (χ1n) is 16.3. The van der Waals surface area contributed by atoms with Crippen LogP contribution in [0.3, 0.4) is 0 Å². The van der Waals surface area contributed by atoms with E-state index in [9.17, 15) is 4.79 Å². The van der Waals surface area contributed by atoms with Crippen molar-refractivity contribution >= 4 is 5.97 Å². The molecule has 5 rings (SSSR count). The van der Waals surface area contributed by atoms with Gasteiger partial charge in [-0.25, -0.2) is 4.79 Å². The van der Waals surface area contributed by atoms with Gasteiger partial charge < -0.3 is 9.47 Å². The number of carbonyl (C=O) groups excluding carboxylic acids is 1. The normalized spacial score (nSPS) is 38.4. The summed E-state index contributed by atoms with van der Waals surface area (Å²) in [6.07, 6.45) is 15.2. The van der Waals surface area contributed by atoms with E-state index in [-0.39, 0.29) is 23.6 Å². The quantitative estimate of drug-likeness (QED) is 0.234. The van der Waals surface area contributed by atoms with Gasteiger partial charge in [0.15, 0.2) is 0 Å². The predicted molar refractivity (Wildman–Crippen MR) is 159 cm³/mol. The standard InChI is InChI=1S/C36H54O3/c1-7-38-32-23-27-22-28(39-34(37)26-14-9-8-10-15-26)18-20-35(27,5)31-19-21-36(6)29(16-17-30(36)33(31)32)25(4)13-11-12-24(2)3/h8-10,14-15,23-25,28-33H,7,11-13,16-22H2,1-6H3/t25-,28+,29+,30-,31-,32-,33-,35-,36+/m0/s1. The minimum Gasteiger partial charge on any atom is -0.458 e. The molecule has 0 unspecified atom stereocenters. The van der Waals surface area contributed by atoms with Crippen molar-refractivity contribution in [1.29, 1.82) is 0 Å². The summed E-state index contributed by atoms with van der Waals surface area (Å²) >= 11 is 0. The van der Waals surface area contributed by atoms with Crippen LogP contribution in [0.15, 0.2) is 42.0 Å². The van der Waals surface area contributed by atoms with Crippen molar-refractivity contribution in [3.8, 4) is 0 Å². The molecule has 0 saturated heterocycles. The summed E-state index contributed by atoms with van der Waals surface area (Å²) in [6, 6.07) is 9.45. The molecule has 216 valence electrons. The Kier molecular flexibility index (Phi) is 8.68. The average molecular weight is 535 g/mol. The van der Waals surface area contributed by atoms with Crippen LogP contribution < -0.4 is 0 Å². The SMILES string of the molecule is CCO[C@H]1C=C2C[C@H](OC(=O)c3ccccc3)CC[C@]2(C)[C@H]2CC[C@]3(C)[C@@H]([C@@H](C)CCCC(C)C)CC[C@H]3[C@H]12. The molecule has 0 amide bonds. The molecule has 4 aliphatic rings. The van der Waals surface area contributed by atoms with E-state index in [1.54, 1.807) is 0 Å². The van der Waals surface area contributed by atoms with Gasteiger partial charge in [0.2, 0.25) is 0 Å². The number of ether oxygens (including phenoxy) is 2. The van der Waals surface area contributed by atoms with Crippen LogP contribution in [0.4, 0.5) is 0 Å². The third-order valence-corrected chi connectivity index (χ3v) is 11.9. The second kappa shape index (κ2) is 11.7.